The topological polar surface area (TPSA) is 55.1 Å². The molecule has 0 spiro atoms. The Morgan fingerprint density at radius 3 is 3.00 bits per heavy atom. The number of carboxylic acids is 1. The molecule has 1 aliphatic rings. The first kappa shape index (κ1) is 14.7. The summed E-state index contributed by atoms with van der Waals surface area (Å²) in [5.41, 5.74) is 1.75. The van der Waals surface area contributed by atoms with Gasteiger partial charge in [0.15, 0.2) is 5.16 Å². The van der Waals surface area contributed by atoms with Crippen LogP contribution in [0.2, 0.25) is 5.02 Å². The molecule has 1 heterocycles. The molecule has 0 amide bonds. The lowest BCUT2D eigenvalue weighted by molar-refractivity contribution is -0.133. The Bertz CT molecular complexity index is 682. The fourth-order valence-corrected chi connectivity index (χ4v) is 3.75. The molecule has 1 atom stereocenters. The van der Waals surface area contributed by atoms with E-state index in [0.29, 0.717) is 5.02 Å². The summed E-state index contributed by atoms with van der Waals surface area (Å²) in [6, 6.07) is 5.93. The lowest BCUT2D eigenvalue weighted by Gasteiger charge is -2.17. The van der Waals surface area contributed by atoms with E-state index in [9.17, 15) is 4.79 Å². The number of aromatic nitrogens is 2. The summed E-state index contributed by atoms with van der Waals surface area (Å²) in [4.78, 5) is 15.4. The molecule has 1 N–H and O–H groups in total. The second-order valence-corrected chi connectivity index (χ2v) is 6.93. The van der Waals surface area contributed by atoms with E-state index in [1.165, 1.54) is 24.6 Å². The molecule has 112 valence electrons. The minimum Gasteiger partial charge on any atom is -0.481 e. The quantitative estimate of drug-likeness (QED) is 0.808. The van der Waals surface area contributed by atoms with Gasteiger partial charge in [-0.2, -0.15) is 0 Å². The van der Waals surface area contributed by atoms with Crippen LogP contribution in [0.4, 0.5) is 0 Å². The highest BCUT2D eigenvalue weighted by atomic mass is 35.5. The minimum atomic E-state index is -0.834. The summed E-state index contributed by atoms with van der Waals surface area (Å²) < 4.78 is 2.11. The van der Waals surface area contributed by atoms with Crippen molar-refractivity contribution >= 4 is 40.4 Å². The maximum absolute atomic E-state index is 10.8. The zero-order valence-electron chi connectivity index (χ0n) is 11.8. The highest BCUT2D eigenvalue weighted by Crippen LogP contribution is 2.40. The van der Waals surface area contributed by atoms with Gasteiger partial charge in [-0.1, -0.05) is 42.3 Å². The van der Waals surface area contributed by atoms with E-state index in [-0.39, 0.29) is 11.8 Å². The van der Waals surface area contributed by atoms with Gasteiger partial charge < -0.3 is 9.67 Å². The first-order valence-electron chi connectivity index (χ1n) is 7.07. The highest BCUT2D eigenvalue weighted by molar-refractivity contribution is 7.99. The third kappa shape index (κ3) is 3.19. The zero-order valence-corrected chi connectivity index (χ0v) is 13.3. The second kappa shape index (κ2) is 5.89. The Morgan fingerprint density at radius 2 is 2.33 bits per heavy atom. The fourth-order valence-electron chi connectivity index (χ4n) is 2.66. The first-order valence-corrected chi connectivity index (χ1v) is 8.43. The Hall–Kier alpha value is -1.20. The van der Waals surface area contributed by atoms with Gasteiger partial charge in [-0.05, 0) is 31.4 Å². The summed E-state index contributed by atoms with van der Waals surface area (Å²) >= 11 is 7.61. The number of aliphatic carboxylic acids is 1. The third-order valence-corrected chi connectivity index (χ3v) is 5.01. The minimum absolute atomic E-state index is 0.0110. The second-order valence-electron chi connectivity index (χ2n) is 5.58. The molecule has 21 heavy (non-hydrogen) atoms. The number of fused-ring (bicyclic) bond motifs is 1. The Morgan fingerprint density at radius 1 is 1.57 bits per heavy atom. The van der Waals surface area contributed by atoms with Crippen LogP contribution in [-0.4, -0.2) is 26.4 Å². The van der Waals surface area contributed by atoms with E-state index in [1.54, 1.807) is 0 Å². The lowest BCUT2D eigenvalue weighted by Crippen LogP contribution is -2.09. The van der Waals surface area contributed by atoms with Crippen LogP contribution in [0.5, 0.6) is 0 Å². The van der Waals surface area contributed by atoms with E-state index in [1.807, 2.05) is 18.2 Å². The van der Waals surface area contributed by atoms with Gasteiger partial charge in [0.25, 0.3) is 0 Å². The summed E-state index contributed by atoms with van der Waals surface area (Å²) in [6.07, 6.45) is 3.68. The molecule has 1 aromatic carbocycles. The molecule has 0 saturated heterocycles. The molecule has 2 aromatic rings. The van der Waals surface area contributed by atoms with Crippen LogP contribution in [0, 0.1) is 5.92 Å². The molecule has 1 aliphatic carbocycles. The smallest absolute Gasteiger partial charge is 0.313 e. The van der Waals surface area contributed by atoms with Crippen molar-refractivity contribution < 1.29 is 9.90 Å². The number of thioether (sulfide) groups is 1. The van der Waals surface area contributed by atoms with Crippen LogP contribution >= 0.6 is 23.4 Å². The number of para-hydroxylation sites is 1. The average Bonchev–Trinajstić information content (AvgIpc) is 3.14. The van der Waals surface area contributed by atoms with Gasteiger partial charge >= 0.3 is 5.97 Å². The van der Waals surface area contributed by atoms with Crippen molar-refractivity contribution in [1.29, 1.82) is 0 Å². The molecule has 6 heteroatoms. The van der Waals surface area contributed by atoms with E-state index >= 15 is 0 Å². The van der Waals surface area contributed by atoms with Gasteiger partial charge in [0, 0.05) is 6.04 Å². The van der Waals surface area contributed by atoms with Gasteiger partial charge in [0.1, 0.15) is 0 Å². The van der Waals surface area contributed by atoms with E-state index in [4.69, 9.17) is 16.7 Å². The van der Waals surface area contributed by atoms with Crippen molar-refractivity contribution in [2.24, 2.45) is 5.92 Å². The van der Waals surface area contributed by atoms with Crippen LogP contribution in [-0.2, 0) is 4.79 Å². The number of hydrogen-bond donors (Lipinski definition) is 1. The van der Waals surface area contributed by atoms with E-state index < -0.39 is 5.97 Å². The molecule has 0 bridgehead atoms. The Balaban J connectivity index is 2.02. The number of carbonyl (C=O) groups is 1. The number of nitrogens with zero attached hydrogens (tertiary/aromatic N) is 2. The number of halogens is 1. The SMILES string of the molecule is CC(CC1CC1)n1c(SCC(=O)O)nc2cccc(Cl)c21. The molecule has 4 nitrogen and oxygen atoms in total. The van der Waals surface area contributed by atoms with Gasteiger partial charge in [0.05, 0.1) is 21.8 Å². The summed E-state index contributed by atoms with van der Waals surface area (Å²) in [5, 5.41) is 10.3. The Kier molecular flexibility index (Phi) is 4.13. The number of imidazole rings is 1. The third-order valence-electron chi connectivity index (χ3n) is 3.77. The number of rotatable bonds is 6. The van der Waals surface area contributed by atoms with Crippen molar-refractivity contribution in [2.75, 3.05) is 5.75 Å². The maximum atomic E-state index is 10.8. The van der Waals surface area contributed by atoms with Gasteiger partial charge in [-0.25, -0.2) is 4.98 Å². The number of carboxylic acid groups (broad SMARTS) is 1. The molecule has 1 fully saturated rings. The molecule has 3 rings (SSSR count). The van der Waals surface area contributed by atoms with Crippen LogP contribution in [0.15, 0.2) is 23.4 Å². The molecular weight excluding hydrogens is 308 g/mol. The number of benzene rings is 1. The van der Waals surface area contributed by atoms with Crippen LogP contribution in [0.1, 0.15) is 32.2 Å². The zero-order chi connectivity index (χ0) is 15.0. The highest BCUT2D eigenvalue weighted by Gasteiger charge is 2.27. The van der Waals surface area contributed by atoms with Crippen molar-refractivity contribution in [3.63, 3.8) is 0 Å². The van der Waals surface area contributed by atoms with Crippen LogP contribution in [0.25, 0.3) is 11.0 Å². The monoisotopic (exact) mass is 324 g/mol. The average molecular weight is 325 g/mol. The normalized spacial score (nSPS) is 16.3. The van der Waals surface area contributed by atoms with Gasteiger partial charge in [-0.3, -0.25) is 4.79 Å². The molecule has 0 radical (unpaired) electrons. The van der Waals surface area contributed by atoms with Gasteiger partial charge in [-0.15, -0.1) is 0 Å². The van der Waals surface area contributed by atoms with Crippen molar-refractivity contribution in [3.8, 4) is 0 Å². The van der Waals surface area contributed by atoms with Crippen LogP contribution in [0.3, 0.4) is 0 Å². The Labute approximate surface area is 132 Å². The van der Waals surface area contributed by atoms with Crippen molar-refractivity contribution in [3.05, 3.63) is 23.2 Å². The fraction of sp³-hybridized carbons (Fsp3) is 0.467. The van der Waals surface area contributed by atoms with Crippen molar-refractivity contribution in [2.45, 2.75) is 37.4 Å². The molecule has 0 aliphatic heterocycles. The lowest BCUT2D eigenvalue weighted by atomic mass is 10.1. The summed E-state index contributed by atoms with van der Waals surface area (Å²) in [6.45, 7) is 2.16. The standard InChI is InChI=1S/C15H17ClN2O2S/c1-9(7-10-5-6-10)18-14-11(16)3-2-4-12(14)17-15(18)21-8-13(19)20/h2-4,9-10H,5-8H2,1H3,(H,19,20). The van der Waals surface area contributed by atoms with Crippen LogP contribution < -0.4 is 0 Å². The van der Waals surface area contributed by atoms with Crippen molar-refractivity contribution in [1.82, 2.24) is 9.55 Å². The molecular formula is C15H17ClN2O2S. The predicted molar refractivity (Wildman–Crippen MR) is 85.2 cm³/mol. The summed E-state index contributed by atoms with van der Waals surface area (Å²) in [5.74, 6) is -0.0336. The van der Waals surface area contributed by atoms with E-state index in [2.05, 4.69) is 16.5 Å². The van der Waals surface area contributed by atoms with Gasteiger partial charge in [0.2, 0.25) is 0 Å². The predicted octanol–water partition coefficient (Wildman–Crippen LogP) is 4.23. The molecule has 1 saturated carbocycles. The maximum Gasteiger partial charge on any atom is 0.313 e. The molecule has 1 aromatic heterocycles. The number of hydrogen-bond acceptors (Lipinski definition) is 3. The first-order chi connectivity index (χ1) is 10.1. The summed E-state index contributed by atoms with van der Waals surface area (Å²) in [7, 11) is 0. The van der Waals surface area contributed by atoms with E-state index in [0.717, 1.165) is 28.5 Å². The largest absolute Gasteiger partial charge is 0.481 e. The molecule has 1 unspecified atom stereocenters.